The largest absolute Gasteiger partial charge is 0.352 e. The molecule has 140 valence electrons. The van der Waals surface area contributed by atoms with Gasteiger partial charge in [0.05, 0.1) is 33.7 Å². The number of hydrogen-bond donors (Lipinski definition) is 1. The van der Waals surface area contributed by atoms with Gasteiger partial charge in [-0.1, -0.05) is 29.5 Å². The molecule has 0 amide bonds. The Labute approximate surface area is 172 Å². The number of pyridine rings is 1. The van der Waals surface area contributed by atoms with Crippen molar-refractivity contribution in [2.45, 2.75) is 19.0 Å². The van der Waals surface area contributed by atoms with Crippen LogP contribution in [0.4, 0.5) is 0 Å². The molecule has 0 radical (unpaired) electrons. The molecule has 4 heterocycles. The van der Waals surface area contributed by atoms with E-state index in [1.807, 2.05) is 24.4 Å². The van der Waals surface area contributed by atoms with Crippen LogP contribution < -0.4 is 5.32 Å². The standard InChI is InChI=1S/C21H19N5S2/c1-2-25-19(18(24-20(25)27)15-9-5-6-12-22-15)16-10-7-13-26(16)21-23-14-8-3-4-11-17(14)28-21/h3-13,18-19H,2H2,1H3,(H,24,27)/t18-,19+/m1/s1. The molecular formula is C21H19N5S2. The second kappa shape index (κ2) is 7.00. The van der Waals surface area contributed by atoms with E-state index in [2.05, 4.69) is 69.3 Å². The number of nitrogens with one attached hydrogen (secondary N) is 1. The predicted octanol–water partition coefficient (Wildman–Crippen LogP) is 4.47. The van der Waals surface area contributed by atoms with E-state index in [-0.39, 0.29) is 12.1 Å². The number of fused-ring (bicyclic) bond motifs is 1. The maximum atomic E-state index is 5.64. The zero-order valence-corrected chi connectivity index (χ0v) is 17.0. The minimum atomic E-state index is -0.00308. The number of nitrogens with zero attached hydrogens (tertiary/aromatic N) is 4. The lowest BCUT2D eigenvalue weighted by molar-refractivity contribution is 0.321. The van der Waals surface area contributed by atoms with Gasteiger partial charge in [0.2, 0.25) is 0 Å². The molecule has 5 rings (SSSR count). The Morgan fingerprint density at radius 3 is 2.75 bits per heavy atom. The van der Waals surface area contributed by atoms with Crippen LogP contribution in [-0.2, 0) is 0 Å². The summed E-state index contributed by atoms with van der Waals surface area (Å²) in [5.41, 5.74) is 3.17. The molecule has 1 fully saturated rings. The second-order valence-electron chi connectivity index (χ2n) is 6.68. The third-order valence-electron chi connectivity index (χ3n) is 5.11. The van der Waals surface area contributed by atoms with Gasteiger partial charge in [-0.3, -0.25) is 9.55 Å². The van der Waals surface area contributed by atoms with Crippen LogP contribution in [0.3, 0.4) is 0 Å². The molecule has 1 aliphatic rings. The van der Waals surface area contributed by atoms with Crippen molar-refractivity contribution in [3.8, 4) is 5.13 Å². The summed E-state index contributed by atoms with van der Waals surface area (Å²) in [6, 6.07) is 18.5. The van der Waals surface area contributed by atoms with Crippen LogP contribution in [0.25, 0.3) is 15.3 Å². The number of benzene rings is 1. The zero-order valence-electron chi connectivity index (χ0n) is 15.3. The van der Waals surface area contributed by atoms with Crippen LogP contribution in [0, 0.1) is 0 Å². The van der Waals surface area contributed by atoms with Crippen molar-refractivity contribution in [3.63, 3.8) is 0 Å². The summed E-state index contributed by atoms with van der Waals surface area (Å²) in [7, 11) is 0. The van der Waals surface area contributed by atoms with Crippen molar-refractivity contribution in [1.29, 1.82) is 0 Å². The highest BCUT2D eigenvalue weighted by molar-refractivity contribution is 7.80. The van der Waals surface area contributed by atoms with Gasteiger partial charge in [-0.05, 0) is 55.5 Å². The molecule has 0 aliphatic carbocycles. The van der Waals surface area contributed by atoms with Crippen molar-refractivity contribution in [1.82, 2.24) is 24.8 Å². The minimum absolute atomic E-state index is 0.00308. The molecule has 0 saturated carbocycles. The maximum Gasteiger partial charge on any atom is 0.194 e. The molecule has 1 N–H and O–H groups in total. The highest BCUT2D eigenvalue weighted by Crippen LogP contribution is 2.40. The minimum Gasteiger partial charge on any atom is -0.352 e. The molecule has 0 unspecified atom stereocenters. The van der Waals surface area contributed by atoms with E-state index in [1.165, 1.54) is 4.70 Å². The second-order valence-corrected chi connectivity index (χ2v) is 8.08. The fourth-order valence-corrected chi connectivity index (χ4v) is 5.18. The van der Waals surface area contributed by atoms with E-state index in [0.717, 1.165) is 33.7 Å². The van der Waals surface area contributed by atoms with Gasteiger partial charge in [-0.15, -0.1) is 0 Å². The normalized spacial score (nSPS) is 19.3. The Balaban J connectivity index is 1.62. The van der Waals surface area contributed by atoms with Gasteiger partial charge in [-0.25, -0.2) is 4.98 Å². The van der Waals surface area contributed by atoms with Gasteiger partial charge < -0.3 is 10.2 Å². The first-order valence-electron chi connectivity index (χ1n) is 9.27. The van der Waals surface area contributed by atoms with Crippen LogP contribution >= 0.6 is 23.6 Å². The summed E-state index contributed by atoms with van der Waals surface area (Å²) >= 11 is 7.34. The molecule has 1 saturated heterocycles. The number of thiazole rings is 1. The fourth-order valence-electron chi connectivity index (χ4n) is 3.84. The van der Waals surface area contributed by atoms with Crippen LogP contribution in [-0.4, -0.2) is 31.1 Å². The third-order valence-corrected chi connectivity index (χ3v) is 6.50. The van der Waals surface area contributed by atoms with E-state index >= 15 is 0 Å². The van der Waals surface area contributed by atoms with Crippen LogP contribution in [0.5, 0.6) is 0 Å². The smallest absolute Gasteiger partial charge is 0.194 e. The first kappa shape index (κ1) is 17.3. The number of thiocarbonyl (C=S) groups is 1. The Morgan fingerprint density at radius 1 is 1.11 bits per heavy atom. The van der Waals surface area contributed by atoms with Crippen molar-refractivity contribution in [2.75, 3.05) is 6.54 Å². The Kier molecular flexibility index (Phi) is 4.33. The molecule has 0 bridgehead atoms. The lowest BCUT2D eigenvalue weighted by Gasteiger charge is -2.27. The highest BCUT2D eigenvalue weighted by atomic mass is 32.1. The number of aromatic nitrogens is 3. The van der Waals surface area contributed by atoms with Crippen LogP contribution in [0.2, 0.25) is 0 Å². The Bertz CT molecular complexity index is 1100. The van der Waals surface area contributed by atoms with Crippen molar-refractivity contribution in [2.24, 2.45) is 0 Å². The van der Waals surface area contributed by atoms with E-state index in [4.69, 9.17) is 17.2 Å². The van der Waals surface area contributed by atoms with E-state index < -0.39 is 0 Å². The van der Waals surface area contributed by atoms with Crippen molar-refractivity contribution in [3.05, 3.63) is 78.4 Å². The third kappa shape index (κ3) is 2.78. The maximum absolute atomic E-state index is 5.64. The van der Waals surface area contributed by atoms with Gasteiger partial charge in [0.15, 0.2) is 10.2 Å². The summed E-state index contributed by atoms with van der Waals surface area (Å²) in [5, 5.41) is 5.21. The lowest BCUT2D eigenvalue weighted by atomic mass is 10.0. The van der Waals surface area contributed by atoms with E-state index in [9.17, 15) is 0 Å². The summed E-state index contributed by atoms with van der Waals surface area (Å²) in [4.78, 5) is 11.7. The molecule has 28 heavy (non-hydrogen) atoms. The molecular weight excluding hydrogens is 386 g/mol. The molecule has 3 aromatic heterocycles. The van der Waals surface area contributed by atoms with E-state index in [0.29, 0.717) is 0 Å². The average molecular weight is 406 g/mol. The van der Waals surface area contributed by atoms with Gasteiger partial charge in [0.1, 0.15) is 0 Å². The van der Waals surface area contributed by atoms with Gasteiger partial charge in [-0.2, -0.15) is 0 Å². The lowest BCUT2D eigenvalue weighted by Crippen LogP contribution is -2.30. The summed E-state index contributed by atoms with van der Waals surface area (Å²) in [6.45, 7) is 2.96. The first-order valence-corrected chi connectivity index (χ1v) is 10.5. The molecule has 5 nitrogen and oxygen atoms in total. The monoisotopic (exact) mass is 405 g/mol. The van der Waals surface area contributed by atoms with E-state index in [1.54, 1.807) is 11.3 Å². The molecule has 1 aromatic carbocycles. The average Bonchev–Trinajstić information content (AvgIpc) is 3.44. The van der Waals surface area contributed by atoms with Gasteiger partial charge >= 0.3 is 0 Å². The summed E-state index contributed by atoms with van der Waals surface area (Å²) < 4.78 is 3.37. The SMILES string of the molecule is CCN1C(=S)N[C@H](c2ccccn2)[C@@H]1c1cccn1-c1nc2ccccc2s1. The number of para-hydroxylation sites is 1. The molecule has 2 atom stereocenters. The number of likely N-dealkylation sites (N-methyl/N-ethyl adjacent to an activating group) is 1. The quantitative estimate of drug-likeness (QED) is 0.508. The Morgan fingerprint density at radius 2 is 1.96 bits per heavy atom. The van der Waals surface area contributed by atoms with Crippen LogP contribution in [0.1, 0.15) is 30.4 Å². The zero-order chi connectivity index (χ0) is 19.1. The molecule has 1 aliphatic heterocycles. The van der Waals surface area contributed by atoms with Crippen molar-refractivity contribution >= 4 is 38.9 Å². The number of hydrogen-bond acceptors (Lipinski definition) is 4. The van der Waals surface area contributed by atoms with Gasteiger partial charge in [0, 0.05) is 18.9 Å². The topological polar surface area (TPSA) is 46.0 Å². The van der Waals surface area contributed by atoms with Crippen molar-refractivity contribution < 1.29 is 0 Å². The number of rotatable bonds is 4. The molecule has 4 aromatic rings. The molecule has 0 spiro atoms. The summed E-state index contributed by atoms with van der Waals surface area (Å²) in [6.07, 6.45) is 3.91. The highest BCUT2D eigenvalue weighted by Gasteiger charge is 2.40. The summed E-state index contributed by atoms with van der Waals surface area (Å²) in [5.74, 6) is 0. The fraction of sp³-hybridized carbons (Fsp3) is 0.190. The first-order chi connectivity index (χ1) is 13.8. The molecule has 7 heteroatoms. The predicted molar refractivity (Wildman–Crippen MR) is 117 cm³/mol. The Hall–Kier alpha value is -2.77. The van der Waals surface area contributed by atoms with Crippen LogP contribution in [0.15, 0.2) is 67.0 Å². The van der Waals surface area contributed by atoms with Gasteiger partial charge in [0.25, 0.3) is 0 Å².